The first-order valence-electron chi connectivity index (χ1n) is 7.94. The Bertz CT molecular complexity index is 372. The quantitative estimate of drug-likeness (QED) is 0.822. The van der Waals surface area contributed by atoms with E-state index >= 15 is 0 Å². The molecule has 0 radical (unpaired) electrons. The van der Waals surface area contributed by atoms with Crippen LogP contribution in [-0.4, -0.2) is 66.7 Å². The second-order valence-electron chi connectivity index (χ2n) is 6.58. The second-order valence-corrected chi connectivity index (χ2v) is 6.58. The van der Waals surface area contributed by atoms with Crippen LogP contribution in [-0.2, 0) is 4.79 Å². The van der Waals surface area contributed by atoms with Crippen molar-refractivity contribution >= 4 is 12.0 Å². The molecule has 1 saturated carbocycles. The minimum atomic E-state index is -0.759. The molecule has 0 atom stereocenters. The normalized spacial score (nSPS) is 22.8. The van der Waals surface area contributed by atoms with E-state index in [1.165, 1.54) is 6.42 Å². The summed E-state index contributed by atoms with van der Waals surface area (Å²) in [5.41, 5.74) is -0.244. The van der Waals surface area contributed by atoms with Crippen LogP contribution in [0.25, 0.3) is 0 Å². The van der Waals surface area contributed by atoms with Crippen molar-refractivity contribution in [1.82, 2.24) is 15.1 Å². The Morgan fingerprint density at radius 2 is 1.71 bits per heavy atom. The molecule has 0 aromatic rings. The maximum absolute atomic E-state index is 12.2. The summed E-state index contributed by atoms with van der Waals surface area (Å²) in [5.74, 6) is -0.759. The number of nitrogens with zero attached hydrogens (tertiary/aromatic N) is 2. The Morgan fingerprint density at radius 3 is 2.29 bits per heavy atom. The average Bonchev–Trinajstić information content (AvgIpc) is 2.46. The Kier molecular flexibility index (Phi) is 5.45. The third-order valence-corrected chi connectivity index (χ3v) is 4.85. The lowest BCUT2D eigenvalue weighted by Crippen LogP contribution is -2.52. The van der Waals surface area contributed by atoms with E-state index in [0.717, 1.165) is 51.9 Å². The molecule has 0 unspecified atom stereocenters. The molecule has 0 aromatic heterocycles. The molecule has 2 fully saturated rings. The van der Waals surface area contributed by atoms with Crippen LogP contribution in [0.15, 0.2) is 0 Å². The number of carbonyl (C=O) groups excluding carboxylic acids is 1. The van der Waals surface area contributed by atoms with E-state index in [1.54, 1.807) is 0 Å². The summed E-state index contributed by atoms with van der Waals surface area (Å²) in [4.78, 5) is 27.4. The maximum atomic E-state index is 12.2. The zero-order valence-corrected chi connectivity index (χ0v) is 12.9. The zero-order valence-electron chi connectivity index (χ0n) is 12.9. The molecule has 21 heavy (non-hydrogen) atoms. The van der Waals surface area contributed by atoms with Crippen LogP contribution in [0, 0.1) is 5.41 Å². The standard InChI is InChI=1S/C15H27N3O3/c1-17-7-9-18(10-8-17)14(21)16-12-15(11-13(19)20)5-3-2-4-6-15/h2-12H2,1H3,(H,16,21)(H,19,20). The van der Waals surface area contributed by atoms with Crippen LogP contribution in [0.2, 0.25) is 0 Å². The second kappa shape index (κ2) is 7.11. The summed E-state index contributed by atoms with van der Waals surface area (Å²) in [6.45, 7) is 3.77. The van der Waals surface area contributed by atoms with Gasteiger partial charge in [0.25, 0.3) is 0 Å². The Morgan fingerprint density at radius 1 is 1.10 bits per heavy atom. The summed E-state index contributed by atoms with van der Waals surface area (Å²) in [7, 11) is 2.05. The number of carbonyl (C=O) groups is 2. The van der Waals surface area contributed by atoms with Crippen LogP contribution in [0.5, 0.6) is 0 Å². The molecule has 2 amide bonds. The van der Waals surface area contributed by atoms with E-state index in [9.17, 15) is 9.59 Å². The highest BCUT2D eigenvalue weighted by molar-refractivity contribution is 5.74. The van der Waals surface area contributed by atoms with Gasteiger partial charge in [-0.05, 0) is 25.3 Å². The van der Waals surface area contributed by atoms with E-state index < -0.39 is 5.97 Å². The molecular formula is C15H27N3O3. The van der Waals surface area contributed by atoms with Gasteiger partial charge in [-0.25, -0.2) is 4.79 Å². The number of hydrogen-bond acceptors (Lipinski definition) is 3. The molecule has 2 aliphatic rings. The highest BCUT2D eigenvalue weighted by Gasteiger charge is 2.35. The summed E-state index contributed by atoms with van der Waals surface area (Å²) in [6, 6.07) is -0.0431. The molecule has 0 spiro atoms. The van der Waals surface area contributed by atoms with Crippen molar-refractivity contribution in [3.63, 3.8) is 0 Å². The van der Waals surface area contributed by atoms with Crippen molar-refractivity contribution in [3.05, 3.63) is 0 Å². The van der Waals surface area contributed by atoms with Crippen LogP contribution in [0.3, 0.4) is 0 Å². The summed E-state index contributed by atoms with van der Waals surface area (Å²) >= 11 is 0. The Labute approximate surface area is 126 Å². The van der Waals surface area contributed by atoms with Crippen LogP contribution < -0.4 is 5.32 Å². The molecule has 1 heterocycles. The van der Waals surface area contributed by atoms with Crippen LogP contribution >= 0.6 is 0 Å². The van der Waals surface area contributed by atoms with Crippen molar-refractivity contribution in [2.45, 2.75) is 38.5 Å². The molecule has 1 aliphatic heterocycles. The minimum absolute atomic E-state index is 0.0431. The number of piperazine rings is 1. The predicted octanol–water partition coefficient (Wildman–Crippen LogP) is 1.37. The minimum Gasteiger partial charge on any atom is -0.481 e. The number of rotatable bonds is 4. The smallest absolute Gasteiger partial charge is 0.317 e. The number of nitrogens with one attached hydrogen (secondary N) is 1. The highest BCUT2D eigenvalue weighted by Crippen LogP contribution is 2.38. The average molecular weight is 297 g/mol. The lowest BCUT2D eigenvalue weighted by molar-refractivity contribution is -0.140. The number of amides is 2. The highest BCUT2D eigenvalue weighted by atomic mass is 16.4. The van der Waals surface area contributed by atoms with E-state index in [2.05, 4.69) is 17.3 Å². The lowest BCUT2D eigenvalue weighted by atomic mass is 9.72. The number of hydrogen-bond donors (Lipinski definition) is 2. The molecule has 6 nitrogen and oxygen atoms in total. The van der Waals surface area contributed by atoms with Crippen molar-refractivity contribution in [1.29, 1.82) is 0 Å². The first kappa shape index (κ1) is 16.1. The fourth-order valence-corrected chi connectivity index (χ4v) is 3.42. The van der Waals surface area contributed by atoms with Crippen molar-refractivity contribution < 1.29 is 14.7 Å². The molecule has 1 saturated heterocycles. The van der Waals surface area contributed by atoms with Gasteiger partial charge in [-0.2, -0.15) is 0 Å². The van der Waals surface area contributed by atoms with Crippen molar-refractivity contribution in [2.75, 3.05) is 39.8 Å². The van der Waals surface area contributed by atoms with E-state index in [-0.39, 0.29) is 17.9 Å². The topological polar surface area (TPSA) is 72.9 Å². The predicted molar refractivity (Wildman–Crippen MR) is 80.2 cm³/mol. The Hall–Kier alpha value is -1.30. The number of likely N-dealkylation sites (N-methyl/N-ethyl adjacent to an activating group) is 1. The van der Waals surface area contributed by atoms with E-state index in [0.29, 0.717) is 6.54 Å². The van der Waals surface area contributed by atoms with Gasteiger partial charge in [0.05, 0.1) is 6.42 Å². The van der Waals surface area contributed by atoms with Gasteiger partial charge in [0.15, 0.2) is 0 Å². The molecule has 120 valence electrons. The summed E-state index contributed by atoms with van der Waals surface area (Å²) < 4.78 is 0. The van der Waals surface area contributed by atoms with Crippen LogP contribution in [0.1, 0.15) is 38.5 Å². The van der Waals surface area contributed by atoms with Gasteiger partial charge in [-0.1, -0.05) is 19.3 Å². The van der Waals surface area contributed by atoms with Gasteiger partial charge < -0.3 is 20.2 Å². The van der Waals surface area contributed by atoms with Gasteiger partial charge in [0.2, 0.25) is 0 Å². The van der Waals surface area contributed by atoms with E-state index in [4.69, 9.17) is 5.11 Å². The molecular weight excluding hydrogens is 270 g/mol. The first-order valence-corrected chi connectivity index (χ1v) is 7.94. The largest absolute Gasteiger partial charge is 0.481 e. The van der Waals surface area contributed by atoms with Gasteiger partial charge in [-0.15, -0.1) is 0 Å². The number of carboxylic acids is 1. The summed E-state index contributed by atoms with van der Waals surface area (Å²) in [6.07, 6.45) is 5.28. The number of carboxylic acid groups (broad SMARTS) is 1. The van der Waals surface area contributed by atoms with Crippen molar-refractivity contribution in [3.8, 4) is 0 Å². The zero-order chi connectivity index (χ0) is 15.3. The summed E-state index contributed by atoms with van der Waals surface area (Å²) in [5, 5.41) is 12.1. The molecule has 2 N–H and O–H groups in total. The molecule has 1 aliphatic carbocycles. The van der Waals surface area contributed by atoms with Crippen molar-refractivity contribution in [2.24, 2.45) is 5.41 Å². The maximum Gasteiger partial charge on any atom is 0.317 e. The molecule has 2 rings (SSSR count). The number of aliphatic carboxylic acids is 1. The Balaban J connectivity index is 1.86. The van der Waals surface area contributed by atoms with Gasteiger partial charge in [0, 0.05) is 32.7 Å². The lowest BCUT2D eigenvalue weighted by Gasteiger charge is -2.38. The third kappa shape index (κ3) is 4.59. The monoisotopic (exact) mass is 297 g/mol. The van der Waals surface area contributed by atoms with Crippen LogP contribution in [0.4, 0.5) is 4.79 Å². The number of urea groups is 1. The third-order valence-electron chi connectivity index (χ3n) is 4.85. The van der Waals surface area contributed by atoms with Gasteiger partial charge in [-0.3, -0.25) is 4.79 Å². The fraction of sp³-hybridized carbons (Fsp3) is 0.867. The molecule has 0 aromatic carbocycles. The van der Waals surface area contributed by atoms with Gasteiger partial charge >= 0.3 is 12.0 Å². The SMILES string of the molecule is CN1CCN(C(=O)NCC2(CC(=O)O)CCCCC2)CC1. The van der Waals surface area contributed by atoms with E-state index in [1.807, 2.05) is 4.90 Å². The molecule has 6 heteroatoms. The fourth-order valence-electron chi connectivity index (χ4n) is 3.42. The first-order chi connectivity index (χ1) is 10.0. The van der Waals surface area contributed by atoms with Gasteiger partial charge in [0.1, 0.15) is 0 Å². The molecule has 0 bridgehead atoms.